The molecule has 1 aliphatic rings. The predicted octanol–water partition coefficient (Wildman–Crippen LogP) is 3.70. The third-order valence-electron chi connectivity index (χ3n) is 3.40. The van der Waals surface area contributed by atoms with Crippen LogP contribution in [0.3, 0.4) is 0 Å². The molecule has 0 aliphatic carbocycles. The van der Waals surface area contributed by atoms with Crippen molar-refractivity contribution in [1.82, 2.24) is 0 Å². The maximum Gasteiger partial charge on any atom is 0.337 e. The number of ether oxygens (including phenoxy) is 1. The highest BCUT2D eigenvalue weighted by Crippen LogP contribution is 2.60. The molecule has 6 heteroatoms. The topological polar surface area (TPSA) is 61.8 Å². The summed E-state index contributed by atoms with van der Waals surface area (Å²) < 4.78 is 29.4. The molecule has 2 atom stereocenters. The maximum atomic E-state index is 13.0. The number of hydrogen-bond donors (Lipinski definition) is 0. The van der Waals surface area contributed by atoms with Crippen LogP contribution in [0.1, 0.15) is 38.4 Å². The summed E-state index contributed by atoms with van der Waals surface area (Å²) in [7, 11) is -3.32. The summed E-state index contributed by atoms with van der Waals surface area (Å²) in [6.45, 7) is 4.14. The fourth-order valence-corrected chi connectivity index (χ4v) is 4.73. The summed E-state index contributed by atoms with van der Waals surface area (Å²) in [5, 5.41) is 0. The van der Waals surface area contributed by atoms with Crippen molar-refractivity contribution < 1.29 is 23.1 Å². The van der Waals surface area contributed by atoms with Crippen LogP contribution in [0.4, 0.5) is 0 Å². The molecule has 0 N–H and O–H groups in total. The van der Waals surface area contributed by atoms with Crippen molar-refractivity contribution in [3.05, 3.63) is 35.9 Å². The number of carbonyl (C=O) groups is 1. The number of benzene rings is 1. The number of carbonyl (C=O) groups excluding carboxylic acids is 1. The van der Waals surface area contributed by atoms with E-state index in [-0.39, 0.29) is 12.4 Å². The molecular weight excluding hydrogens is 291 g/mol. The number of hydrogen-bond acceptors (Lipinski definition) is 5. The molecule has 0 unspecified atom stereocenters. The Kier molecular flexibility index (Phi) is 5.57. The minimum Gasteiger partial charge on any atom is -0.456 e. The maximum absolute atomic E-state index is 13.0. The van der Waals surface area contributed by atoms with Gasteiger partial charge >= 0.3 is 13.6 Å². The van der Waals surface area contributed by atoms with E-state index in [0.717, 1.165) is 5.56 Å². The molecule has 1 saturated heterocycles. The first kappa shape index (κ1) is 16.2. The molecule has 1 aromatic carbocycles. The van der Waals surface area contributed by atoms with Crippen LogP contribution in [0, 0.1) is 0 Å². The van der Waals surface area contributed by atoms with E-state index in [2.05, 4.69) is 0 Å². The Morgan fingerprint density at radius 2 is 1.81 bits per heavy atom. The van der Waals surface area contributed by atoms with Crippen LogP contribution in [0.25, 0.3) is 0 Å². The van der Waals surface area contributed by atoms with E-state index in [0.29, 0.717) is 19.6 Å². The summed E-state index contributed by atoms with van der Waals surface area (Å²) >= 11 is 0. The highest BCUT2D eigenvalue weighted by molar-refractivity contribution is 7.54. The van der Waals surface area contributed by atoms with E-state index in [1.54, 1.807) is 13.8 Å². The zero-order valence-corrected chi connectivity index (χ0v) is 13.3. The molecule has 2 rings (SSSR count). The molecule has 1 heterocycles. The smallest absolute Gasteiger partial charge is 0.337 e. The normalized spacial score (nSPS) is 22.9. The summed E-state index contributed by atoms with van der Waals surface area (Å²) in [6, 6.07) is 9.33. The Hall–Kier alpha value is -1.16. The molecule has 21 heavy (non-hydrogen) atoms. The largest absolute Gasteiger partial charge is 0.456 e. The molecule has 0 aromatic heterocycles. The van der Waals surface area contributed by atoms with Crippen LogP contribution in [0.15, 0.2) is 30.3 Å². The lowest BCUT2D eigenvalue weighted by atomic mass is 10.0. The predicted molar refractivity (Wildman–Crippen MR) is 79.2 cm³/mol. The zero-order chi connectivity index (χ0) is 15.3. The lowest BCUT2D eigenvalue weighted by Crippen LogP contribution is -2.31. The van der Waals surface area contributed by atoms with E-state index in [9.17, 15) is 9.36 Å². The van der Waals surface area contributed by atoms with E-state index >= 15 is 0 Å². The van der Waals surface area contributed by atoms with Gasteiger partial charge in [0.25, 0.3) is 0 Å². The molecule has 1 aromatic rings. The average Bonchev–Trinajstić information content (AvgIpc) is 2.48. The van der Waals surface area contributed by atoms with Crippen molar-refractivity contribution in [3.8, 4) is 0 Å². The fraction of sp³-hybridized carbons (Fsp3) is 0.533. The van der Waals surface area contributed by atoms with Gasteiger partial charge in [0.2, 0.25) is 0 Å². The van der Waals surface area contributed by atoms with Gasteiger partial charge in [-0.1, -0.05) is 30.3 Å². The van der Waals surface area contributed by atoms with E-state index < -0.39 is 19.4 Å². The summed E-state index contributed by atoms with van der Waals surface area (Å²) in [5.41, 5.74) is 0.354. The van der Waals surface area contributed by atoms with Crippen LogP contribution in [0.5, 0.6) is 0 Å². The fourth-order valence-electron chi connectivity index (χ4n) is 2.54. The number of esters is 1. The van der Waals surface area contributed by atoms with E-state index in [1.807, 2.05) is 30.3 Å². The van der Waals surface area contributed by atoms with Crippen LogP contribution >= 0.6 is 7.60 Å². The summed E-state index contributed by atoms with van der Waals surface area (Å²) in [6.07, 6.45) is 0.0877. The Balaban J connectivity index is 2.33. The first-order valence-electron chi connectivity index (χ1n) is 7.24. The van der Waals surface area contributed by atoms with Gasteiger partial charge in [0.15, 0.2) is 0 Å². The third-order valence-corrected chi connectivity index (χ3v) is 5.98. The molecule has 116 valence electrons. The quantitative estimate of drug-likeness (QED) is 0.592. The van der Waals surface area contributed by atoms with Crippen molar-refractivity contribution in [2.45, 2.75) is 38.5 Å². The number of cyclic esters (lactones) is 1. The van der Waals surface area contributed by atoms with E-state index in [1.165, 1.54) is 0 Å². The van der Waals surface area contributed by atoms with Gasteiger partial charge in [-0.25, -0.2) is 0 Å². The van der Waals surface area contributed by atoms with Crippen molar-refractivity contribution >= 4 is 13.6 Å². The van der Waals surface area contributed by atoms with Gasteiger partial charge in [0.05, 0.1) is 13.2 Å². The molecule has 1 aliphatic heterocycles. The molecule has 5 nitrogen and oxygen atoms in total. The van der Waals surface area contributed by atoms with Crippen molar-refractivity contribution in [2.75, 3.05) is 13.2 Å². The van der Waals surface area contributed by atoms with Crippen molar-refractivity contribution in [1.29, 1.82) is 0 Å². The number of rotatable bonds is 6. The monoisotopic (exact) mass is 312 g/mol. The minimum atomic E-state index is -3.32. The van der Waals surface area contributed by atoms with Crippen LogP contribution < -0.4 is 0 Å². The average molecular weight is 312 g/mol. The lowest BCUT2D eigenvalue weighted by molar-refractivity contribution is -0.154. The summed E-state index contributed by atoms with van der Waals surface area (Å²) in [4.78, 5) is 11.6. The van der Waals surface area contributed by atoms with Gasteiger partial charge in [0, 0.05) is 6.42 Å². The molecule has 0 radical (unpaired) electrons. The zero-order valence-electron chi connectivity index (χ0n) is 12.4. The second-order valence-electron chi connectivity index (χ2n) is 4.80. The Labute approximate surface area is 125 Å². The molecule has 0 spiro atoms. The Morgan fingerprint density at radius 3 is 2.38 bits per heavy atom. The Bertz CT molecular complexity index is 506. The highest BCUT2D eigenvalue weighted by atomic mass is 31.2. The molecule has 0 amide bonds. The van der Waals surface area contributed by atoms with Gasteiger partial charge < -0.3 is 13.8 Å². The van der Waals surface area contributed by atoms with Gasteiger partial charge in [-0.15, -0.1) is 0 Å². The first-order chi connectivity index (χ1) is 10.1. The van der Waals surface area contributed by atoms with Gasteiger partial charge in [-0.05, 0) is 25.8 Å². The molecule has 1 fully saturated rings. The molecular formula is C15H21O5P. The second kappa shape index (κ2) is 7.21. The SMILES string of the molecule is CCOP(=O)(OCC)[C@@H]1CCC(=O)O[C@H]1c1ccccc1. The molecule has 0 saturated carbocycles. The molecule has 0 bridgehead atoms. The Morgan fingerprint density at radius 1 is 1.19 bits per heavy atom. The standard InChI is InChI=1S/C15H21O5P/c1-3-18-21(17,19-4-2)13-10-11-14(16)20-15(13)12-8-6-5-7-9-12/h5-9,13,15H,3-4,10-11H2,1-2H3/t13-,15+/m1/s1. The minimum absolute atomic E-state index is 0.234. The van der Waals surface area contributed by atoms with Gasteiger partial charge in [-0.3, -0.25) is 9.36 Å². The van der Waals surface area contributed by atoms with Crippen molar-refractivity contribution in [2.24, 2.45) is 0 Å². The van der Waals surface area contributed by atoms with Gasteiger partial charge in [0.1, 0.15) is 11.8 Å². The summed E-state index contributed by atoms with van der Waals surface area (Å²) in [5.74, 6) is -0.278. The third kappa shape index (κ3) is 3.73. The first-order valence-corrected chi connectivity index (χ1v) is 8.85. The van der Waals surface area contributed by atoms with Crippen molar-refractivity contribution in [3.63, 3.8) is 0 Å². The van der Waals surface area contributed by atoms with Crippen LogP contribution in [-0.4, -0.2) is 24.8 Å². The van der Waals surface area contributed by atoms with E-state index in [4.69, 9.17) is 13.8 Å². The highest BCUT2D eigenvalue weighted by Gasteiger charge is 2.46. The lowest BCUT2D eigenvalue weighted by Gasteiger charge is -2.35. The van der Waals surface area contributed by atoms with Crippen LogP contribution in [-0.2, 0) is 23.1 Å². The van der Waals surface area contributed by atoms with Crippen LogP contribution in [0.2, 0.25) is 0 Å². The van der Waals surface area contributed by atoms with Gasteiger partial charge in [-0.2, -0.15) is 0 Å². The second-order valence-corrected chi connectivity index (χ2v) is 7.06.